The molecule has 3 heterocycles. The molecule has 1 aromatic heterocycles. The number of carboxylic acids is 1. The summed E-state index contributed by atoms with van der Waals surface area (Å²) in [5, 5.41) is 13.3. The summed E-state index contributed by atoms with van der Waals surface area (Å²) in [6.07, 6.45) is 5.05. The average Bonchev–Trinajstić information content (AvgIpc) is 3.01. The number of ketones is 1. The van der Waals surface area contributed by atoms with Crippen LogP contribution in [0.15, 0.2) is 71.8 Å². The van der Waals surface area contributed by atoms with Gasteiger partial charge in [-0.3, -0.25) is 29.6 Å². The zero-order valence-electron chi connectivity index (χ0n) is 25.7. The summed E-state index contributed by atoms with van der Waals surface area (Å²) in [6, 6.07) is 20.8. The molecule has 5 N–H and O–H groups in total. The van der Waals surface area contributed by atoms with Crippen LogP contribution in [0.3, 0.4) is 0 Å². The van der Waals surface area contributed by atoms with Gasteiger partial charge in [0, 0.05) is 65.0 Å². The molecule has 13 heteroatoms. The van der Waals surface area contributed by atoms with E-state index in [1.165, 1.54) is 17.5 Å². The molecule has 12 nitrogen and oxygen atoms in total. The molecule has 45 heavy (non-hydrogen) atoms. The van der Waals surface area contributed by atoms with Crippen molar-refractivity contribution in [2.45, 2.75) is 52.7 Å². The SMILES string of the molecule is CC(=O)O.CCC1CN(Cc2ccccc2)CCC1=O.Cl.N=CN.O=C=O.O=c1[nH]cnc2c1CN(Cc1ccccc1)CC2. The summed E-state index contributed by atoms with van der Waals surface area (Å²) >= 11 is 0. The Morgan fingerprint density at radius 3 is 1.98 bits per heavy atom. The number of likely N-dealkylation sites (tertiary alicyclic amines) is 1. The number of hydrogen-bond donors (Lipinski definition) is 4. The minimum Gasteiger partial charge on any atom is -0.481 e. The van der Waals surface area contributed by atoms with Crippen LogP contribution in [-0.2, 0) is 45.2 Å². The van der Waals surface area contributed by atoms with E-state index >= 15 is 0 Å². The van der Waals surface area contributed by atoms with Gasteiger partial charge in [0.25, 0.3) is 11.5 Å². The van der Waals surface area contributed by atoms with Crippen molar-refractivity contribution in [3.8, 4) is 0 Å². The number of Topliss-reactive ketones (excluding diaryl/α,β-unsaturated/α-hetero) is 1. The molecule has 2 aromatic carbocycles. The molecule has 3 aromatic rings. The number of carbonyl (C=O) groups is 2. The molecule has 1 atom stereocenters. The topological polar surface area (TPSA) is 191 Å². The third-order valence-electron chi connectivity index (χ3n) is 6.68. The second-order valence-electron chi connectivity index (χ2n) is 9.91. The summed E-state index contributed by atoms with van der Waals surface area (Å²) in [5.41, 5.74) is 8.77. The first-order valence-corrected chi connectivity index (χ1v) is 14.2. The van der Waals surface area contributed by atoms with E-state index in [1.54, 1.807) is 0 Å². The molecule has 5 rings (SSSR count). The number of piperidine rings is 1. The first kappa shape index (κ1) is 40.5. The standard InChI is InChI=1S/C14H15N3O.C14H19NO.C2H4O2.CH4N2.CO2.ClH/c18-14-12-9-17(7-6-13(12)15-10-16-14)8-11-4-2-1-3-5-11;1-2-13-11-15(9-8-14(13)16)10-12-6-4-3-5-7-12;1-2(3)4;2*2-1-3;/h1-5,10H,6-9H2,(H,15,16,18);3-7,13H,2,8-11H2,1H3;1H3,(H,3,4);1H,(H3,2,3);;1H. The van der Waals surface area contributed by atoms with Crippen LogP contribution >= 0.6 is 12.4 Å². The molecule has 2 aliphatic rings. The van der Waals surface area contributed by atoms with Crippen LogP contribution in [0.2, 0.25) is 0 Å². The van der Waals surface area contributed by atoms with Gasteiger partial charge < -0.3 is 15.8 Å². The lowest BCUT2D eigenvalue weighted by Gasteiger charge is -2.31. The van der Waals surface area contributed by atoms with E-state index in [9.17, 15) is 9.59 Å². The highest BCUT2D eigenvalue weighted by atomic mass is 35.5. The predicted octanol–water partition coefficient (Wildman–Crippen LogP) is 3.30. The number of H-pyrrole nitrogens is 1. The number of carboxylic acid groups (broad SMARTS) is 1. The second kappa shape index (κ2) is 23.9. The number of hydrogen-bond acceptors (Lipinski definition) is 9. The maximum atomic E-state index is 11.7. The molecule has 244 valence electrons. The van der Waals surface area contributed by atoms with Gasteiger partial charge in [-0.25, -0.2) is 4.98 Å². The number of nitrogens with zero attached hydrogens (tertiary/aromatic N) is 3. The Kier molecular flexibility index (Phi) is 21.5. The van der Waals surface area contributed by atoms with Crippen LogP contribution < -0.4 is 11.3 Å². The highest BCUT2D eigenvalue weighted by Gasteiger charge is 2.25. The van der Waals surface area contributed by atoms with Gasteiger partial charge in [-0.05, 0) is 17.5 Å². The van der Waals surface area contributed by atoms with Gasteiger partial charge in [-0.1, -0.05) is 67.6 Å². The van der Waals surface area contributed by atoms with E-state index in [1.807, 2.05) is 24.3 Å². The van der Waals surface area contributed by atoms with E-state index in [-0.39, 0.29) is 30.0 Å². The Morgan fingerprint density at radius 1 is 1.02 bits per heavy atom. The van der Waals surface area contributed by atoms with E-state index in [0.29, 0.717) is 12.3 Å². The molecule has 0 saturated carbocycles. The molecule has 0 amide bonds. The lowest BCUT2D eigenvalue weighted by molar-refractivity contribution is -0.191. The first-order valence-electron chi connectivity index (χ1n) is 14.2. The molecular weight excluding hydrogens is 600 g/mol. The Morgan fingerprint density at radius 2 is 1.49 bits per heavy atom. The van der Waals surface area contributed by atoms with E-state index in [0.717, 1.165) is 76.5 Å². The minimum absolute atomic E-state index is 0. The number of rotatable bonds is 5. The smallest absolute Gasteiger partial charge is 0.373 e. The third-order valence-corrected chi connectivity index (χ3v) is 6.68. The number of aliphatic carboxylic acids is 1. The number of fused-ring (bicyclic) bond motifs is 1. The summed E-state index contributed by atoms with van der Waals surface area (Å²) in [4.78, 5) is 60.2. The molecule has 0 radical (unpaired) electrons. The normalized spacial score (nSPS) is 15.1. The van der Waals surface area contributed by atoms with Gasteiger partial charge in [0.2, 0.25) is 0 Å². The fourth-order valence-electron chi connectivity index (χ4n) is 4.71. The quantitative estimate of drug-likeness (QED) is 0.237. The summed E-state index contributed by atoms with van der Waals surface area (Å²) in [7, 11) is 0. The Labute approximate surface area is 269 Å². The van der Waals surface area contributed by atoms with Crippen LogP contribution in [0.5, 0.6) is 0 Å². The minimum atomic E-state index is -0.833. The largest absolute Gasteiger partial charge is 0.481 e. The van der Waals surface area contributed by atoms with Gasteiger partial charge in [-0.2, -0.15) is 9.59 Å². The van der Waals surface area contributed by atoms with Crippen LogP contribution in [0.25, 0.3) is 0 Å². The van der Waals surface area contributed by atoms with Crippen LogP contribution in [0.4, 0.5) is 0 Å². The van der Waals surface area contributed by atoms with Crippen molar-refractivity contribution in [2.75, 3.05) is 19.6 Å². The number of carbonyl (C=O) groups excluding carboxylic acids is 3. The van der Waals surface area contributed by atoms with Crippen LogP contribution in [-0.4, -0.2) is 68.8 Å². The van der Waals surface area contributed by atoms with E-state index in [2.05, 4.69) is 68.8 Å². The number of benzene rings is 2. The molecule has 0 aliphatic carbocycles. The lowest BCUT2D eigenvalue weighted by Crippen LogP contribution is -2.40. The summed E-state index contributed by atoms with van der Waals surface area (Å²) in [6.45, 7) is 8.55. The Hall–Kier alpha value is -4.48. The van der Waals surface area contributed by atoms with Crippen molar-refractivity contribution in [2.24, 2.45) is 11.7 Å². The fourth-order valence-corrected chi connectivity index (χ4v) is 4.71. The summed E-state index contributed by atoms with van der Waals surface area (Å²) in [5.74, 6) is -0.121. The maximum Gasteiger partial charge on any atom is 0.373 e. The molecule has 0 bridgehead atoms. The van der Waals surface area contributed by atoms with Crippen molar-refractivity contribution in [1.82, 2.24) is 19.8 Å². The van der Waals surface area contributed by atoms with Crippen molar-refractivity contribution in [3.63, 3.8) is 0 Å². The fraction of sp³-hybridized carbons (Fsp3) is 0.375. The lowest BCUT2D eigenvalue weighted by atomic mass is 9.94. The summed E-state index contributed by atoms with van der Waals surface area (Å²) < 4.78 is 0. The van der Waals surface area contributed by atoms with Gasteiger partial charge in [-0.15, -0.1) is 12.4 Å². The van der Waals surface area contributed by atoms with Crippen molar-refractivity contribution < 1.29 is 24.3 Å². The third kappa shape index (κ3) is 16.8. The monoisotopic (exact) mass is 642 g/mol. The van der Waals surface area contributed by atoms with E-state index < -0.39 is 5.97 Å². The molecule has 1 unspecified atom stereocenters. The number of halogens is 1. The van der Waals surface area contributed by atoms with Gasteiger partial charge in [0.1, 0.15) is 5.78 Å². The Bertz CT molecular complexity index is 1360. The molecule has 1 saturated heterocycles. The molecule has 2 aliphatic heterocycles. The predicted molar refractivity (Wildman–Crippen MR) is 173 cm³/mol. The highest BCUT2D eigenvalue weighted by Crippen LogP contribution is 2.18. The molecular formula is C32H43ClN6O6. The zero-order chi connectivity index (χ0) is 32.7. The maximum absolute atomic E-state index is 11.7. The van der Waals surface area contributed by atoms with Crippen molar-refractivity contribution >= 4 is 36.6 Å². The van der Waals surface area contributed by atoms with Gasteiger partial charge >= 0.3 is 6.15 Å². The van der Waals surface area contributed by atoms with Gasteiger partial charge in [0.05, 0.1) is 23.9 Å². The average molecular weight is 643 g/mol. The van der Waals surface area contributed by atoms with Crippen LogP contribution in [0, 0.1) is 11.3 Å². The molecule has 1 fully saturated rings. The Balaban J connectivity index is 0.000000658. The first-order chi connectivity index (χ1) is 21.2. The van der Waals surface area contributed by atoms with Gasteiger partial charge in [0.15, 0.2) is 0 Å². The van der Waals surface area contributed by atoms with Crippen molar-refractivity contribution in [1.29, 1.82) is 5.41 Å². The number of nitrogens with two attached hydrogens (primary N) is 1. The second-order valence-corrected chi connectivity index (χ2v) is 9.91. The number of nitrogens with one attached hydrogen (secondary N) is 2. The van der Waals surface area contributed by atoms with Crippen molar-refractivity contribution in [3.05, 3.63) is 99.7 Å². The van der Waals surface area contributed by atoms with E-state index in [4.69, 9.17) is 24.9 Å². The molecule has 0 spiro atoms. The highest BCUT2D eigenvalue weighted by molar-refractivity contribution is 5.85. The number of aromatic amines is 1. The van der Waals surface area contributed by atoms with Crippen LogP contribution in [0.1, 0.15) is 49.1 Å². The zero-order valence-corrected chi connectivity index (χ0v) is 26.5. The number of aromatic nitrogens is 2.